The molecule has 24 heavy (non-hydrogen) atoms. The molecule has 10 heteroatoms. The van der Waals surface area contributed by atoms with E-state index in [0.717, 1.165) is 0 Å². The third-order valence-electron chi connectivity index (χ3n) is 2.52. The number of rotatable bonds is 2. The molecule has 9 nitrogen and oxygen atoms in total. The van der Waals surface area contributed by atoms with Crippen molar-refractivity contribution in [2.45, 2.75) is 0 Å². The number of esters is 2. The first-order valence-corrected chi connectivity index (χ1v) is 6.25. The average Bonchev–Trinajstić information content (AvgIpc) is 2.56. The lowest BCUT2D eigenvalue weighted by Gasteiger charge is -2.03. The van der Waals surface area contributed by atoms with Gasteiger partial charge in [-0.25, -0.2) is 14.6 Å². The van der Waals surface area contributed by atoms with Gasteiger partial charge in [-0.1, -0.05) is 12.1 Å². The average molecular weight is 357 g/mol. The van der Waals surface area contributed by atoms with E-state index in [0.29, 0.717) is 10.5 Å². The molecule has 0 unspecified atom stereocenters. The Labute approximate surface area is 143 Å². The second-order valence-corrected chi connectivity index (χ2v) is 4.04. The molecule has 2 heterocycles. The molecule has 0 saturated heterocycles. The van der Waals surface area contributed by atoms with E-state index in [9.17, 15) is 9.59 Å². The summed E-state index contributed by atoms with van der Waals surface area (Å²) < 4.78 is 9.27. The van der Waals surface area contributed by atoms with Gasteiger partial charge in [0.05, 0.1) is 14.2 Å². The summed E-state index contributed by atoms with van der Waals surface area (Å²) in [6.07, 6.45) is 0. The lowest BCUT2D eigenvalue weighted by Crippen LogP contribution is -2.23. The molecule has 130 valence electrons. The Morgan fingerprint density at radius 3 is 2.25 bits per heavy atom. The van der Waals surface area contributed by atoms with Crippen molar-refractivity contribution in [3.63, 3.8) is 0 Å². The molecule has 2 aromatic rings. The third kappa shape index (κ3) is 5.61. The Kier molecular flexibility index (Phi) is 8.59. The molecular weight excluding hydrogens is 340 g/mol. The molecule has 0 atom stereocenters. The number of carbonyl (C=O) groups excluding carboxylic acids is 2. The summed E-state index contributed by atoms with van der Waals surface area (Å²) >= 11 is 0. The number of hydrogen-bond acceptors (Lipinski definition) is 8. The van der Waals surface area contributed by atoms with E-state index in [1.165, 1.54) is 32.4 Å². The number of aromatic nitrogens is 2. The van der Waals surface area contributed by atoms with Gasteiger partial charge in [-0.15, -0.1) is 12.4 Å². The van der Waals surface area contributed by atoms with Crippen LogP contribution in [0, 0.1) is 5.41 Å². The molecule has 0 amide bonds. The number of nitrogen functional groups attached to an aromatic ring is 1. The Balaban J connectivity index is 0.000000425. The zero-order valence-electron chi connectivity index (χ0n) is 12.9. The van der Waals surface area contributed by atoms with Crippen LogP contribution in [0.4, 0.5) is 5.82 Å². The van der Waals surface area contributed by atoms with Crippen LogP contribution in [0.15, 0.2) is 36.4 Å². The number of hydrogen-bond donors (Lipinski definition) is 3. The molecule has 0 saturated carbocycles. The lowest BCUT2D eigenvalue weighted by atomic mass is 10.3. The maximum atomic E-state index is 10.9. The highest BCUT2D eigenvalue weighted by molar-refractivity contribution is 5.87. The van der Waals surface area contributed by atoms with E-state index in [1.807, 2.05) is 0 Å². The van der Waals surface area contributed by atoms with E-state index in [1.54, 1.807) is 18.2 Å². The number of anilines is 1. The van der Waals surface area contributed by atoms with Gasteiger partial charge in [0.15, 0.2) is 16.9 Å². The van der Waals surface area contributed by atoms with Crippen LogP contribution >= 0.6 is 12.4 Å². The fourth-order valence-electron chi connectivity index (χ4n) is 1.43. The van der Waals surface area contributed by atoms with Gasteiger partial charge in [-0.3, -0.25) is 5.41 Å². The highest BCUT2D eigenvalue weighted by Crippen LogP contribution is 2.01. The predicted molar refractivity (Wildman–Crippen MR) is 86.0 cm³/mol. The Morgan fingerprint density at radius 2 is 1.71 bits per heavy atom. The summed E-state index contributed by atoms with van der Waals surface area (Å²) in [6.45, 7) is 0. The smallest absolute Gasteiger partial charge is 0.358 e. The van der Waals surface area contributed by atoms with Crippen LogP contribution in [0.1, 0.15) is 21.0 Å². The molecule has 0 aliphatic rings. The molecule has 2 rings (SSSR count). The molecule has 0 radical (unpaired) electrons. The van der Waals surface area contributed by atoms with Crippen LogP contribution in [0.5, 0.6) is 0 Å². The van der Waals surface area contributed by atoms with Crippen LogP contribution in [0.3, 0.4) is 0 Å². The third-order valence-corrected chi connectivity index (χ3v) is 2.52. The van der Waals surface area contributed by atoms with Crippen LogP contribution < -0.4 is 11.2 Å². The van der Waals surface area contributed by atoms with Crippen LogP contribution in [0.25, 0.3) is 0 Å². The van der Waals surface area contributed by atoms with Crippen molar-refractivity contribution in [2.24, 2.45) is 0 Å². The van der Waals surface area contributed by atoms with Crippen molar-refractivity contribution < 1.29 is 24.3 Å². The van der Waals surface area contributed by atoms with Crippen molar-refractivity contribution >= 4 is 30.2 Å². The number of nitrogens with one attached hydrogen (secondary N) is 1. The molecule has 0 fully saturated rings. The van der Waals surface area contributed by atoms with Crippen LogP contribution in [-0.4, -0.2) is 41.1 Å². The molecular formula is C14H17ClN4O5. The largest absolute Gasteiger partial charge is 0.464 e. The number of pyridine rings is 2. The van der Waals surface area contributed by atoms with E-state index in [-0.39, 0.29) is 29.3 Å². The second-order valence-electron chi connectivity index (χ2n) is 4.04. The number of carbonyl (C=O) groups is 2. The van der Waals surface area contributed by atoms with Gasteiger partial charge >= 0.3 is 11.9 Å². The van der Waals surface area contributed by atoms with E-state index in [4.69, 9.17) is 16.4 Å². The fourth-order valence-corrected chi connectivity index (χ4v) is 1.43. The number of ether oxygens (including phenoxy) is 2. The number of nitrogens with two attached hydrogens (primary N) is 1. The molecule has 0 spiro atoms. The zero-order valence-corrected chi connectivity index (χ0v) is 13.7. The highest BCUT2D eigenvalue weighted by Gasteiger charge is 2.09. The van der Waals surface area contributed by atoms with Gasteiger partial charge < -0.3 is 20.4 Å². The van der Waals surface area contributed by atoms with Crippen molar-refractivity contribution in [1.82, 2.24) is 9.71 Å². The van der Waals surface area contributed by atoms with E-state index in [2.05, 4.69) is 14.5 Å². The Bertz CT molecular complexity index is 763. The highest BCUT2D eigenvalue weighted by atomic mass is 35.5. The van der Waals surface area contributed by atoms with E-state index < -0.39 is 11.9 Å². The van der Waals surface area contributed by atoms with Crippen LogP contribution in [0.2, 0.25) is 0 Å². The minimum absolute atomic E-state index is 0. The first-order valence-electron chi connectivity index (χ1n) is 6.25. The van der Waals surface area contributed by atoms with Gasteiger partial charge in [0.1, 0.15) is 5.82 Å². The molecule has 0 bridgehead atoms. The van der Waals surface area contributed by atoms with Gasteiger partial charge in [0.2, 0.25) is 0 Å². The molecule has 0 aromatic carbocycles. The number of halogens is 1. The first kappa shape index (κ1) is 20.9. The maximum absolute atomic E-state index is 10.9. The summed E-state index contributed by atoms with van der Waals surface area (Å²) in [5.74, 6) is -0.836. The van der Waals surface area contributed by atoms with Crippen molar-refractivity contribution in [2.75, 3.05) is 20.0 Å². The summed E-state index contributed by atoms with van der Waals surface area (Å²) in [5, 5.41) is 16.3. The SMILES string of the molecule is COC(=O)c1cccc(=N)n1O.COC(=O)c1cccc(N)n1.Cl. The standard InChI is InChI=1S/C7H8N2O3.C7H8N2O2.ClH/c1-12-7(10)5-3-2-4-6(8)9(5)11;1-11-7(10)5-3-2-4-6(8)9-5;/h2-4,8,11H,1H3;2-4H,1H3,(H2,8,9);1H. The lowest BCUT2D eigenvalue weighted by molar-refractivity contribution is 0.0536. The maximum Gasteiger partial charge on any atom is 0.358 e. The summed E-state index contributed by atoms with van der Waals surface area (Å²) in [7, 11) is 2.51. The normalized spacial score (nSPS) is 8.92. The minimum atomic E-state index is -0.674. The zero-order chi connectivity index (χ0) is 17.4. The topological polar surface area (TPSA) is 141 Å². The summed E-state index contributed by atoms with van der Waals surface area (Å²) in [4.78, 5) is 25.5. The van der Waals surface area contributed by atoms with Gasteiger partial charge in [0.25, 0.3) is 0 Å². The first-order chi connectivity index (χ1) is 10.9. The summed E-state index contributed by atoms with van der Waals surface area (Å²) in [5.41, 5.74) is 5.33. The Morgan fingerprint density at radius 1 is 1.12 bits per heavy atom. The quantitative estimate of drug-likeness (QED) is 0.535. The van der Waals surface area contributed by atoms with Crippen molar-refractivity contribution in [1.29, 1.82) is 5.41 Å². The second kappa shape index (κ2) is 9.85. The van der Waals surface area contributed by atoms with Crippen molar-refractivity contribution in [3.05, 3.63) is 53.3 Å². The molecule has 0 aliphatic carbocycles. The summed E-state index contributed by atoms with van der Waals surface area (Å²) in [6, 6.07) is 9.00. The van der Waals surface area contributed by atoms with Crippen molar-refractivity contribution in [3.8, 4) is 0 Å². The monoisotopic (exact) mass is 356 g/mol. The Hall–Kier alpha value is -3.07. The van der Waals surface area contributed by atoms with E-state index >= 15 is 0 Å². The molecule has 0 aliphatic heterocycles. The van der Waals surface area contributed by atoms with Gasteiger partial charge in [-0.05, 0) is 24.3 Å². The van der Waals surface area contributed by atoms with Gasteiger partial charge in [-0.2, -0.15) is 4.73 Å². The van der Waals surface area contributed by atoms with Crippen LogP contribution in [-0.2, 0) is 9.47 Å². The fraction of sp³-hybridized carbons (Fsp3) is 0.143. The van der Waals surface area contributed by atoms with Gasteiger partial charge in [0, 0.05) is 0 Å². The number of nitrogens with zero attached hydrogens (tertiary/aromatic N) is 2. The molecule has 4 N–H and O–H groups in total. The number of methoxy groups -OCH3 is 2. The molecule has 2 aromatic heterocycles. The predicted octanol–water partition coefficient (Wildman–Crippen LogP) is 0.864. The minimum Gasteiger partial charge on any atom is -0.464 e.